The first-order valence-corrected chi connectivity index (χ1v) is 7.19. The summed E-state index contributed by atoms with van der Waals surface area (Å²) in [6.07, 6.45) is 4.32. The average molecular weight is 259 g/mol. The van der Waals surface area contributed by atoms with Gasteiger partial charge in [0.2, 0.25) is 0 Å². The fourth-order valence-corrected chi connectivity index (χ4v) is 2.85. The Morgan fingerprint density at radius 3 is 3.06 bits per heavy atom. The second-order valence-corrected chi connectivity index (χ2v) is 5.89. The Kier molecular flexibility index (Phi) is 3.80. The summed E-state index contributed by atoms with van der Waals surface area (Å²) < 4.78 is 31.6. The van der Waals surface area contributed by atoms with Gasteiger partial charge < -0.3 is 9.72 Å². The van der Waals surface area contributed by atoms with Crippen LogP contribution in [0.15, 0.2) is 11.2 Å². The van der Waals surface area contributed by atoms with Gasteiger partial charge in [0.15, 0.2) is 5.03 Å². The highest BCUT2D eigenvalue weighted by molar-refractivity contribution is 7.89. The molecule has 0 bridgehead atoms. The molecule has 1 aliphatic rings. The van der Waals surface area contributed by atoms with E-state index in [4.69, 9.17) is 4.74 Å². The standard InChI is InChI=1S/C10H17N3O3S/c1-8-11-7-10(13-8)17(14,15)12-5-4-9-3-2-6-16-9/h7,9,12H,2-6H2,1H3,(H,11,13). The lowest BCUT2D eigenvalue weighted by Gasteiger charge is -2.09. The van der Waals surface area contributed by atoms with Crippen molar-refractivity contribution in [1.29, 1.82) is 0 Å². The Hall–Kier alpha value is -0.920. The van der Waals surface area contributed by atoms with Crippen molar-refractivity contribution in [2.75, 3.05) is 13.2 Å². The zero-order valence-electron chi connectivity index (χ0n) is 9.77. The van der Waals surface area contributed by atoms with E-state index in [0.717, 1.165) is 19.4 Å². The second-order valence-electron chi connectivity index (χ2n) is 4.15. The predicted molar refractivity (Wildman–Crippen MR) is 62.1 cm³/mol. The molecule has 0 amide bonds. The number of aryl methyl sites for hydroxylation is 1. The van der Waals surface area contributed by atoms with Gasteiger partial charge in [-0.2, -0.15) is 0 Å². The van der Waals surface area contributed by atoms with Gasteiger partial charge in [-0.15, -0.1) is 0 Å². The van der Waals surface area contributed by atoms with E-state index in [-0.39, 0.29) is 11.1 Å². The van der Waals surface area contributed by atoms with Crippen LogP contribution in [0.4, 0.5) is 0 Å². The number of hydrogen-bond donors (Lipinski definition) is 2. The molecule has 2 heterocycles. The molecule has 0 saturated carbocycles. The van der Waals surface area contributed by atoms with E-state index < -0.39 is 10.0 Å². The number of sulfonamides is 1. The quantitative estimate of drug-likeness (QED) is 0.809. The number of nitrogens with one attached hydrogen (secondary N) is 2. The van der Waals surface area contributed by atoms with E-state index in [9.17, 15) is 8.42 Å². The van der Waals surface area contributed by atoms with Crippen molar-refractivity contribution in [3.8, 4) is 0 Å². The van der Waals surface area contributed by atoms with E-state index in [1.54, 1.807) is 6.92 Å². The summed E-state index contributed by atoms with van der Waals surface area (Å²) in [7, 11) is -3.45. The molecule has 1 unspecified atom stereocenters. The summed E-state index contributed by atoms with van der Waals surface area (Å²) in [6.45, 7) is 2.90. The van der Waals surface area contributed by atoms with Gasteiger partial charge in [-0.1, -0.05) is 0 Å². The van der Waals surface area contributed by atoms with Gasteiger partial charge >= 0.3 is 0 Å². The van der Waals surface area contributed by atoms with Crippen LogP contribution in [0.1, 0.15) is 25.1 Å². The monoisotopic (exact) mass is 259 g/mol. The highest BCUT2D eigenvalue weighted by atomic mass is 32.2. The SMILES string of the molecule is Cc1ncc(S(=O)(=O)NCCC2CCCO2)[nH]1. The van der Waals surface area contributed by atoms with Crippen LogP contribution in [-0.4, -0.2) is 37.6 Å². The lowest BCUT2D eigenvalue weighted by atomic mass is 10.2. The Labute approximate surface area is 101 Å². The van der Waals surface area contributed by atoms with Gasteiger partial charge in [0.1, 0.15) is 5.82 Å². The molecule has 6 nitrogen and oxygen atoms in total. The molecule has 1 aliphatic heterocycles. The van der Waals surface area contributed by atoms with E-state index in [0.29, 0.717) is 18.8 Å². The van der Waals surface area contributed by atoms with Crippen molar-refractivity contribution in [2.24, 2.45) is 0 Å². The zero-order chi connectivity index (χ0) is 12.3. The first kappa shape index (κ1) is 12.5. The molecular formula is C10H17N3O3S. The van der Waals surface area contributed by atoms with Gasteiger partial charge in [-0.3, -0.25) is 0 Å². The van der Waals surface area contributed by atoms with Crippen LogP contribution in [0.2, 0.25) is 0 Å². The highest BCUT2D eigenvalue weighted by Gasteiger charge is 2.19. The fraction of sp³-hybridized carbons (Fsp3) is 0.700. The van der Waals surface area contributed by atoms with Gasteiger partial charge in [0.05, 0.1) is 12.3 Å². The minimum Gasteiger partial charge on any atom is -0.378 e. The summed E-state index contributed by atoms with van der Waals surface area (Å²) in [6, 6.07) is 0. The maximum atomic E-state index is 11.8. The van der Waals surface area contributed by atoms with Crippen LogP contribution in [0.25, 0.3) is 0 Å². The summed E-state index contributed by atoms with van der Waals surface area (Å²) in [5.74, 6) is 0.588. The molecule has 0 radical (unpaired) electrons. The highest BCUT2D eigenvalue weighted by Crippen LogP contribution is 2.14. The van der Waals surface area contributed by atoms with Crippen LogP contribution < -0.4 is 4.72 Å². The number of aromatic nitrogens is 2. The van der Waals surface area contributed by atoms with Crippen molar-refractivity contribution < 1.29 is 13.2 Å². The fourth-order valence-electron chi connectivity index (χ4n) is 1.84. The molecule has 1 saturated heterocycles. The topological polar surface area (TPSA) is 84.1 Å². The first-order valence-electron chi connectivity index (χ1n) is 5.71. The Morgan fingerprint density at radius 1 is 1.65 bits per heavy atom. The van der Waals surface area contributed by atoms with Crippen LogP contribution in [0.5, 0.6) is 0 Å². The number of rotatable bonds is 5. The number of nitrogens with zero attached hydrogens (tertiary/aromatic N) is 1. The zero-order valence-corrected chi connectivity index (χ0v) is 10.6. The van der Waals surface area contributed by atoms with Crippen LogP contribution >= 0.6 is 0 Å². The van der Waals surface area contributed by atoms with Crippen molar-refractivity contribution in [1.82, 2.24) is 14.7 Å². The molecule has 1 aromatic heterocycles. The number of imidazole rings is 1. The molecule has 1 aromatic rings. The Morgan fingerprint density at radius 2 is 2.47 bits per heavy atom. The average Bonchev–Trinajstić information content (AvgIpc) is 2.89. The van der Waals surface area contributed by atoms with Crippen LogP contribution in [0.3, 0.4) is 0 Å². The van der Waals surface area contributed by atoms with Crippen molar-refractivity contribution in [2.45, 2.75) is 37.3 Å². The summed E-state index contributed by atoms with van der Waals surface area (Å²) in [5, 5.41) is 0.113. The molecular weight excluding hydrogens is 242 g/mol. The molecule has 0 aromatic carbocycles. The summed E-state index contributed by atoms with van der Waals surface area (Å²) >= 11 is 0. The number of hydrogen-bond acceptors (Lipinski definition) is 4. The van der Waals surface area contributed by atoms with Crippen molar-refractivity contribution in [3.63, 3.8) is 0 Å². The lowest BCUT2D eigenvalue weighted by Crippen LogP contribution is -2.27. The molecule has 1 atom stereocenters. The third-order valence-electron chi connectivity index (χ3n) is 2.75. The predicted octanol–water partition coefficient (Wildman–Crippen LogP) is 0.566. The normalized spacial score (nSPS) is 20.9. The van der Waals surface area contributed by atoms with Crippen LogP contribution in [0, 0.1) is 6.92 Å². The maximum Gasteiger partial charge on any atom is 0.257 e. The Bertz CT molecular complexity index is 463. The molecule has 0 spiro atoms. The minimum absolute atomic E-state index is 0.113. The number of aromatic amines is 1. The van der Waals surface area contributed by atoms with Gasteiger partial charge in [-0.05, 0) is 26.2 Å². The molecule has 0 aliphatic carbocycles. The number of H-pyrrole nitrogens is 1. The molecule has 2 rings (SSSR count). The van der Waals surface area contributed by atoms with Gasteiger partial charge in [0, 0.05) is 13.2 Å². The lowest BCUT2D eigenvalue weighted by molar-refractivity contribution is 0.105. The second kappa shape index (κ2) is 5.16. The third kappa shape index (κ3) is 3.27. The summed E-state index contributed by atoms with van der Waals surface area (Å²) in [4.78, 5) is 6.57. The molecule has 7 heteroatoms. The van der Waals surface area contributed by atoms with Gasteiger partial charge in [0.25, 0.3) is 10.0 Å². The van der Waals surface area contributed by atoms with Crippen molar-refractivity contribution >= 4 is 10.0 Å². The van der Waals surface area contributed by atoms with E-state index >= 15 is 0 Å². The maximum absolute atomic E-state index is 11.8. The van der Waals surface area contributed by atoms with E-state index in [2.05, 4.69) is 14.7 Å². The first-order chi connectivity index (χ1) is 8.08. The molecule has 2 N–H and O–H groups in total. The molecule has 96 valence electrons. The largest absolute Gasteiger partial charge is 0.378 e. The number of ether oxygens (including phenoxy) is 1. The van der Waals surface area contributed by atoms with Gasteiger partial charge in [-0.25, -0.2) is 18.1 Å². The van der Waals surface area contributed by atoms with Crippen LogP contribution in [-0.2, 0) is 14.8 Å². The Balaban J connectivity index is 1.85. The van der Waals surface area contributed by atoms with Crippen molar-refractivity contribution in [3.05, 3.63) is 12.0 Å². The minimum atomic E-state index is -3.45. The third-order valence-corrected chi connectivity index (χ3v) is 4.12. The molecule has 1 fully saturated rings. The summed E-state index contributed by atoms with van der Waals surface area (Å²) in [5.41, 5.74) is 0. The molecule has 17 heavy (non-hydrogen) atoms. The smallest absolute Gasteiger partial charge is 0.257 e. The van der Waals surface area contributed by atoms with E-state index in [1.165, 1.54) is 6.20 Å². The van der Waals surface area contributed by atoms with E-state index in [1.807, 2.05) is 0 Å².